The van der Waals surface area contributed by atoms with E-state index in [1.165, 1.54) is 12.0 Å². The van der Waals surface area contributed by atoms with Gasteiger partial charge in [-0.1, -0.05) is 6.92 Å². The number of piperidine rings is 1. The van der Waals surface area contributed by atoms with E-state index in [0.717, 1.165) is 0 Å². The van der Waals surface area contributed by atoms with Gasteiger partial charge in [-0.3, -0.25) is 4.79 Å². The number of carbonyl (C=O) groups excluding carboxylic acids is 1. The number of hydrogen-bond acceptors (Lipinski definition) is 2. The first-order valence-corrected chi connectivity index (χ1v) is 5.08. The van der Waals surface area contributed by atoms with Crippen LogP contribution in [0.2, 0.25) is 0 Å². The van der Waals surface area contributed by atoms with Gasteiger partial charge >= 0.3 is 0 Å². The number of likely N-dealkylation sites (tertiary alicyclic amines) is 1. The fraction of sp³-hybridized carbons (Fsp3) is 0.900. The summed E-state index contributed by atoms with van der Waals surface area (Å²) < 4.78 is 31.4. The van der Waals surface area contributed by atoms with Crippen LogP contribution in [0.1, 0.15) is 13.3 Å². The van der Waals surface area contributed by atoms with Crippen molar-refractivity contribution in [2.75, 3.05) is 26.8 Å². The summed E-state index contributed by atoms with van der Waals surface area (Å²) >= 11 is 0. The van der Waals surface area contributed by atoms with Gasteiger partial charge in [0, 0.05) is 25.6 Å². The number of amides is 1. The Kier molecular flexibility index (Phi) is 2.26. The second-order valence-corrected chi connectivity index (χ2v) is 4.62. The van der Waals surface area contributed by atoms with Crippen LogP contribution in [0.5, 0.6) is 0 Å². The van der Waals surface area contributed by atoms with Gasteiger partial charge in [-0.15, -0.1) is 0 Å². The Labute approximate surface area is 87.4 Å². The molecular formula is C10H15F2NO2. The maximum absolute atomic E-state index is 13.3. The molecule has 0 aromatic rings. The molecule has 2 fully saturated rings. The first-order valence-electron chi connectivity index (χ1n) is 5.08. The van der Waals surface area contributed by atoms with Gasteiger partial charge in [0.25, 0.3) is 5.92 Å². The van der Waals surface area contributed by atoms with Crippen LogP contribution in [0.15, 0.2) is 0 Å². The monoisotopic (exact) mass is 219 g/mol. The third-order valence-corrected chi connectivity index (χ3v) is 3.81. The third kappa shape index (κ3) is 1.36. The van der Waals surface area contributed by atoms with Crippen molar-refractivity contribution in [1.29, 1.82) is 0 Å². The quantitative estimate of drug-likeness (QED) is 0.697. The zero-order valence-corrected chi connectivity index (χ0v) is 8.93. The van der Waals surface area contributed by atoms with Gasteiger partial charge in [-0.05, 0) is 6.42 Å². The highest BCUT2D eigenvalue weighted by Crippen LogP contribution is 2.69. The molecule has 0 N–H and O–H groups in total. The zero-order valence-electron chi connectivity index (χ0n) is 8.93. The van der Waals surface area contributed by atoms with E-state index in [-0.39, 0.29) is 19.1 Å². The van der Waals surface area contributed by atoms with E-state index < -0.39 is 17.3 Å². The fourth-order valence-electron chi connectivity index (χ4n) is 2.45. The van der Waals surface area contributed by atoms with Crippen LogP contribution < -0.4 is 0 Å². The van der Waals surface area contributed by atoms with Crippen LogP contribution in [-0.4, -0.2) is 43.5 Å². The zero-order chi connectivity index (χ0) is 11.3. The number of halogens is 2. The number of hydrogen-bond donors (Lipinski definition) is 0. The molecule has 1 aliphatic carbocycles. The minimum Gasteiger partial charge on any atom is -0.375 e. The highest BCUT2D eigenvalue weighted by atomic mass is 19.3. The SMILES string of the molecule is COCC(=O)N1CCC2(C)C(C1)C2(F)F. The van der Waals surface area contributed by atoms with Crippen LogP contribution >= 0.6 is 0 Å². The standard InChI is InChI=1S/C10H15F2NO2/c1-9-3-4-13(8(14)6-15-2)5-7(9)10(9,11)12/h7H,3-6H2,1-2H3. The summed E-state index contributed by atoms with van der Waals surface area (Å²) in [5.41, 5.74) is -0.864. The lowest BCUT2D eigenvalue weighted by atomic mass is 9.97. The third-order valence-electron chi connectivity index (χ3n) is 3.81. The summed E-state index contributed by atoms with van der Waals surface area (Å²) in [6.45, 7) is 2.18. The molecule has 2 rings (SSSR count). The topological polar surface area (TPSA) is 29.5 Å². The number of alkyl halides is 2. The van der Waals surface area contributed by atoms with Crippen LogP contribution in [0, 0.1) is 11.3 Å². The molecule has 1 amide bonds. The predicted molar refractivity (Wildman–Crippen MR) is 49.6 cm³/mol. The molecule has 2 atom stereocenters. The molecule has 0 aromatic heterocycles. The van der Waals surface area contributed by atoms with Crippen molar-refractivity contribution >= 4 is 5.91 Å². The minimum absolute atomic E-state index is 0.0188. The molecule has 86 valence electrons. The summed E-state index contributed by atoms with van der Waals surface area (Å²) in [5.74, 6) is -3.43. The summed E-state index contributed by atoms with van der Waals surface area (Å²) in [5, 5.41) is 0. The highest BCUT2D eigenvalue weighted by Gasteiger charge is 2.78. The molecule has 15 heavy (non-hydrogen) atoms. The molecule has 2 unspecified atom stereocenters. The molecule has 2 aliphatic rings. The second kappa shape index (κ2) is 3.14. The van der Waals surface area contributed by atoms with Crippen molar-refractivity contribution in [3.63, 3.8) is 0 Å². The maximum Gasteiger partial charge on any atom is 0.259 e. The summed E-state index contributed by atoms with van der Waals surface area (Å²) in [7, 11) is 1.43. The maximum atomic E-state index is 13.3. The predicted octanol–water partition coefficient (Wildman–Crippen LogP) is 1.14. The molecule has 1 heterocycles. The van der Waals surface area contributed by atoms with Crippen LogP contribution in [-0.2, 0) is 9.53 Å². The highest BCUT2D eigenvalue weighted by molar-refractivity contribution is 5.77. The van der Waals surface area contributed by atoms with E-state index in [2.05, 4.69) is 0 Å². The van der Waals surface area contributed by atoms with Gasteiger partial charge in [0.1, 0.15) is 6.61 Å². The Balaban J connectivity index is 1.99. The number of ether oxygens (including phenoxy) is 1. The van der Waals surface area contributed by atoms with E-state index in [1.807, 2.05) is 0 Å². The molecule has 0 radical (unpaired) electrons. The van der Waals surface area contributed by atoms with Gasteiger partial charge in [0.05, 0.1) is 5.92 Å². The number of rotatable bonds is 2. The molecular weight excluding hydrogens is 204 g/mol. The average Bonchev–Trinajstić information content (AvgIpc) is 2.61. The molecule has 1 saturated carbocycles. The van der Waals surface area contributed by atoms with Gasteiger partial charge in [-0.25, -0.2) is 8.78 Å². The smallest absolute Gasteiger partial charge is 0.259 e. The average molecular weight is 219 g/mol. The van der Waals surface area contributed by atoms with Crippen LogP contribution in [0.3, 0.4) is 0 Å². The lowest BCUT2D eigenvalue weighted by molar-refractivity contribution is -0.136. The van der Waals surface area contributed by atoms with Gasteiger partial charge in [0.15, 0.2) is 0 Å². The van der Waals surface area contributed by atoms with Crippen molar-refractivity contribution in [3.8, 4) is 0 Å². The molecule has 0 bridgehead atoms. The number of methoxy groups -OCH3 is 1. The van der Waals surface area contributed by atoms with E-state index in [4.69, 9.17) is 4.74 Å². The Morgan fingerprint density at radius 3 is 2.80 bits per heavy atom. The molecule has 1 aliphatic heterocycles. The number of carbonyl (C=O) groups is 1. The fourth-order valence-corrected chi connectivity index (χ4v) is 2.45. The molecule has 5 heteroatoms. The Morgan fingerprint density at radius 1 is 1.60 bits per heavy atom. The lowest BCUT2D eigenvalue weighted by Gasteiger charge is -2.28. The Hall–Kier alpha value is -0.710. The number of nitrogens with zero attached hydrogens (tertiary/aromatic N) is 1. The summed E-state index contributed by atoms with van der Waals surface area (Å²) in [6.07, 6.45) is 0.389. The van der Waals surface area contributed by atoms with Crippen molar-refractivity contribution in [2.45, 2.75) is 19.3 Å². The second-order valence-electron chi connectivity index (χ2n) is 4.62. The van der Waals surface area contributed by atoms with Gasteiger partial charge in [0.2, 0.25) is 5.91 Å². The largest absolute Gasteiger partial charge is 0.375 e. The van der Waals surface area contributed by atoms with E-state index in [1.54, 1.807) is 6.92 Å². The van der Waals surface area contributed by atoms with Crippen LogP contribution in [0.25, 0.3) is 0 Å². The van der Waals surface area contributed by atoms with Gasteiger partial charge in [-0.2, -0.15) is 0 Å². The van der Waals surface area contributed by atoms with E-state index in [0.29, 0.717) is 13.0 Å². The molecule has 0 aromatic carbocycles. The summed E-state index contributed by atoms with van der Waals surface area (Å²) in [6, 6.07) is 0. The van der Waals surface area contributed by atoms with E-state index >= 15 is 0 Å². The molecule has 3 nitrogen and oxygen atoms in total. The Morgan fingerprint density at radius 2 is 2.27 bits per heavy atom. The van der Waals surface area contributed by atoms with Crippen molar-refractivity contribution in [1.82, 2.24) is 4.90 Å². The van der Waals surface area contributed by atoms with Crippen molar-refractivity contribution in [2.24, 2.45) is 11.3 Å². The Bertz CT molecular complexity index is 295. The van der Waals surface area contributed by atoms with E-state index in [9.17, 15) is 13.6 Å². The normalized spacial score (nSPS) is 37.3. The van der Waals surface area contributed by atoms with Gasteiger partial charge < -0.3 is 9.64 Å². The van der Waals surface area contributed by atoms with Crippen LogP contribution in [0.4, 0.5) is 8.78 Å². The molecule has 0 spiro atoms. The minimum atomic E-state index is -2.59. The van der Waals surface area contributed by atoms with Crippen molar-refractivity contribution in [3.05, 3.63) is 0 Å². The first-order chi connectivity index (χ1) is 6.93. The van der Waals surface area contributed by atoms with Crippen molar-refractivity contribution < 1.29 is 18.3 Å². The lowest BCUT2D eigenvalue weighted by Crippen LogP contribution is -2.40. The summed E-state index contributed by atoms with van der Waals surface area (Å²) in [4.78, 5) is 12.9. The molecule has 1 saturated heterocycles. The first kappa shape index (κ1) is 10.8. The number of fused-ring (bicyclic) bond motifs is 1.